The SMILES string of the molecule is O=S(=O)(N[C@H]1CC[C@H](CCn2cc(Cc3ccccc3)nn2)O[C@@H]1CO)c1ccccc1F. The molecule has 10 heteroatoms. The molecule has 2 aromatic carbocycles. The topological polar surface area (TPSA) is 106 Å². The zero-order valence-corrected chi connectivity index (χ0v) is 18.9. The van der Waals surface area contributed by atoms with Crippen molar-refractivity contribution in [1.29, 1.82) is 0 Å². The smallest absolute Gasteiger partial charge is 0.243 e. The monoisotopic (exact) mass is 474 g/mol. The van der Waals surface area contributed by atoms with Gasteiger partial charge < -0.3 is 9.84 Å². The van der Waals surface area contributed by atoms with Gasteiger partial charge in [0.05, 0.1) is 30.6 Å². The van der Waals surface area contributed by atoms with Gasteiger partial charge in [0.2, 0.25) is 10.0 Å². The van der Waals surface area contributed by atoms with Crippen molar-refractivity contribution in [3.63, 3.8) is 0 Å². The van der Waals surface area contributed by atoms with Gasteiger partial charge in [-0.05, 0) is 37.0 Å². The van der Waals surface area contributed by atoms with Crippen LogP contribution in [0.5, 0.6) is 0 Å². The van der Waals surface area contributed by atoms with Crippen LogP contribution in [-0.4, -0.2) is 53.4 Å². The molecule has 176 valence electrons. The predicted molar refractivity (Wildman–Crippen MR) is 119 cm³/mol. The van der Waals surface area contributed by atoms with Crippen LogP contribution in [0, 0.1) is 5.82 Å². The average Bonchev–Trinajstić information content (AvgIpc) is 3.26. The molecule has 0 bridgehead atoms. The fourth-order valence-corrected chi connectivity index (χ4v) is 5.39. The minimum Gasteiger partial charge on any atom is -0.394 e. The van der Waals surface area contributed by atoms with Gasteiger partial charge in [0.1, 0.15) is 10.7 Å². The highest BCUT2D eigenvalue weighted by Gasteiger charge is 2.34. The van der Waals surface area contributed by atoms with Crippen LogP contribution in [0.3, 0.4) is 0 Å². The first-order valence-electron chi connectivity index (χ1n) is 10.9. The lowest BCUT2D eigenvalue weighted by molar-refractivity contribution is -0.0891. The van der Waals surface area contributed by atoms with Gasteiger partial charge in [0.25, 0.3) is 0 Å². The second-order valence-electron chi connectivity index (χ2n) is 8.14. The second-order valence-corrected chi connectivity index (χ2v) is 9.82. The Morgan fingerprint density at radius 3 is 2.64 bits per heavy atom. The average molecular weight is 475 g/mol. The van der Waals surface area contributed by atoms with E-state index in [4.69, 9.17) is 4.74 Å². The number of rotatable bonds is 9. The van der Waals surface area contributed by atoms with Crippen molar-refractivity contribution in [3.05, 3.63) is 77.9 Å². The van der Waals surface area contributed by atoms with Crippen LogP contribution in [-0.2, 0) is 27.7 Å². The van der Waals surface area contributed by atoms with Gasteiger partial charge in [-0.2, -0.15) is 0 Å². The van der Waals surface area contributed by atoms with E-state index in [0.717, 1.165) is 17.3 Å². The maximum Gasteiger partial charge on any atom is 0.243 e. The lowest BCUT2D eigenvalue weighted by Gasteiger charge is -2.36. The number of benzene rings is 2. The molecule has 4 rings (SSSR count). The molecule has 1 aromatic heterocycles. The zero-order valence-electron chi connectivity index (χ0n) is 18.0. The highest BCUT2D eigenvalue weighted by molar-refractivity contribution is 7.89. The van der Waals surface area contributed by atoms with Crippen molar-refractivity contribution in [2.75, 3.05) is 6.61 Å². The molecule has 1 aliphatic heterocycles. The number of hydrogen-bond acceptors (Lipinski definition) is 6. The van der Waals surface area contributed by atoms with E-state index in [-0.39, 0.29) is 12.7 Å². The molecule has 0 unspecified atom stereocenters. The number of aryl methyl sites for hydroxylation is 1. The van der Waals surface area contributed by atoms with Crippen LogP contribution in [0.4, 0.5) is 4.39 Å². The van der Waals surface area contributed by atoms with Crippen LogP contribution >= 0.6 is 0 Å². The van der Waals surface area contributed by atoms with Crippen molar-refractivity contribution >= 4 is 10.0 Å². The first-order chi connectivity index (χ1) is 15.9. The molecular weight excluding hydrogens is 447 g/mol. The van der Waals surface area contributed by atoms with Gasteiger partial charge in [-0.3, -0.25) is 4.68 Å². The summed E-state index contributed by atoms with van der Waals surface area (Å²) in [6, 6.07) is 14.6. The number of ether oxygens (including phenoxy) is 1. The van der Waals surface area contributed by atoms with E-state index >= 15 is 0 Å². The van der Waals surface area contributed by atoms with Gasteiger partial charge in [-0.25, -0.2) is 17.5 Å². The lowest BCUT2D eigenvalue weighted by Crippen LogP contribution is -2.51. The number of aliphatic hydroxyl groups is 1. The van der Waals surface area contributed by atoms with Crippen LogP contribution < -0.4 is 4.72 Å². The number of nitrogens with one attached hydrogen (secondary N) is 1. The second kappa shape index (κ2) is 10.5. The summed E-state index contributed by atoms with van der Waals surface area (Å²) in [5.74, 6) is -0.820. The van der Waals surface area contributed by atoms with E-state index in [2.05, 4.69) is 15.0 Å². The fourth-order valence-electron chi connectivity index (χ4n) is 4.01. The van der Waals surface area contributed by atoms with Crippen molar-refractivity contribution in [2.24, 2.45) is 0 Å². The summed E-state index contributed by atoms with van der Waals surface area (Å²) >= 11 is 0. The van der Waals surface area contributed by atoms with Gasteiger partial charge in [0.15, 0.2) is 0 Å². The minimum absolute atomic E-state index is 0.155. The molecule has 1 aliphatic rings. The van der Waals surface area contributed by atoms with Crippen molar-refractivity contribution < 1.29 is 22.7 Å². The Morgan fingerprint density at radius 2 is 1.88 bits per heavy atom. The van der Waals surface area contributed by atoms with Crippen LogP contribution in [0.15, 0.2) is 65.7 Å². The predicted octanol–water partition coefficient (Wildman–Crippen LogP) is 2.29. The molecule has 0 radical (unpaired) electrons. The first kappa shape index (κ1) is 23.5. The molecule has 0 aliphatic carbocycles. The molecule has 2 N–H and O–H groups in total. The number of halogens is 1. The van der Waals surface area contributed by atoms with Crippen LogP contribution in [0.2, 0.25) is 0 Å². The highest BCUT2D eigenvalue weighted by atomic mass is 32.2. The van der Waals surface area contributed by atoms with Crippen molar-refractivity contribution in [2.45, 2.75) is 55.4 Å². The van der Waals surface area contributed by atoms with E-state index in [1.807, 2.05) is 36.5 Å². The fraction of sp³-hybridized carbons (Fsp3) is 0.391. The van der Waals surface area contributed by atoms with Crippen LogP contribution in [0.1, 0.15) is 30.5 Å². The minimum atomic E-state index is -4.07. The highest BCUT2D eigenvalue weighted by Crippen LogP contribution is 2.24. The molecule has 1 fully saturated rings. The molecule has 2 heterocycles. The molecule has 3 atom stereocenters. The third-order valence-corrected chi connectivity index (χ3v) is 7.25. The van der Waals surface area contributed by atoms with Crippen molar-refractivity contribution in [1.82, 2.24) is 19.7 Å². The lowest BCUT2D eigenvalue weighted by atomic mass is 9.98. The van der Waals surface area contributed by atoms with E-state index < -0.39 is 32.9 Å². The molecule has 0 spiro atoms. The summed E-state index contributed by atoms with van der Waals surface area (Å²) in [6.45, 7) is 0.252. The van der Waals surface area contributed by atoms with E-state index in [1.165, 1.54) is 18.2 Å². The van der Waals surface area contributed by atoms with Crippen LogP contribution in [0.25, 0.3) is 0 Å². The largest absolute Gasteiger partial charge is 0.394 e. The Kier molecular flexibility index (Phi) is 7.49. The molecule has 3 aromatic rings. The summed E-state index contributed by atoms with van der Waals surface area (Å²) in [7, 11) is -4.07. The number of nitrogens with zero attached hydrogens (tertiary/aromatic N) is 3. The zero-order chi connectivity index (χ0) is 23.3. The summed E-state index contributed by atoms with van der Waals surface area (Å²) in [4.78, 5) is -0.415. The molecule has 0 saturated carbocycles. The maximum absolute atomic E-state index is 14.0. The van der Waals surface area contributed by atoms with Crippen molar-refractivity contribution in [3.8, 4) is 0 Å². The standard InChI is InChI=1S/C23H27FN4O4S/c24-20-8-4-5-9-23(20)33(30,31)26-21-11-10-19(32-22(21)16-29)12-13-28-15-18(25-27-28)14-17-6-2-1-3-7-17/h1-9,15,19,21-22,26,29H,10-14,16H2/t19-,21+,22-/m1/s1. The summed E-state index contributed by atoms with van der Waals surface area (Å²) in [5, 5.41) is 18.2. The summed E-state index contributed by atoms with van der Waals surface area (Å²) in [5.41, 5.74) is 2.04. The molecule has 1 saturated heterocycles. The van der Waals surface area contributed by atoms with Gasteiger partial charge in [-0.1, -0.05) is 47.7 Å². The Morgan fingerprint density at radius 1 is 1.12 bits per heavy atom. The Bertz CT molecular complexity index is 1160. The van der Waals surface area contributed by atoms with E-state index in [1.54, 1.807) is 4.68 Å². The third-order valence-electron chi connectivity index (χ3n) is 5.72. The Labute approximate surface area is 192 Å². The molecule has 8 nitrogen and oxygen atoms in total. The molecular formula is C23H27FN4O4S. The molecule has 0 amide bonds. The van der Waals surface area contributed by atoms with E-state index in [0.29, 0.717) is 32.2 Å². The number of sulfonamides is 1. The maximum atomic E-state index is 14.0. The molecule has 33 heavy (non-hydrogen) atoms. The van der Waals surface area contributed by atoms with Gasteiger partial charge >= 0.3 is 0 Å². The summed E-state index contributed by atoms with van der Waals surface area (Å²) < 4.78 is 49.4. The van der Waals surface area contributed by atoms with E-state index in [9.17, 15) is 17.9 Å². The number of aliphatic hydroxyl groups excluding tert-OH is 1. The first-order valence-corrected chi connectivity index (χ1v) is 12.4. The quantitative estimate of drug-likeness (QED) is 0.493. The van der Waals surface area contributed by atoms with Gasteiger partial charge in [-0.15, -0.1) is 5.10 Å². The Balaban J connectivity index is 1.30. The normalized spacial score (nSPS) is 21.2. The summed E-state index contributed by atoms with van der Waals surface area (Å²) in [6.07, 6.45) is 3.47. The third kappa shape index (κ3) is 6.02. The number of hydrogen-bond donors (Lipinski definition) is 2. The Hall–Kier alpha value is -2.66. The van der Waals surface area contributed by atoms with Gasteiger partial charge in [0, 0.05) is 19.2 Å². The number of aromatic nitrogens is 3.